The molecule has 2 aromatic rings. The average molecular weight is 261 g/mol. The van der Waals surface area contributed by atoms with Crippen LogP contribution in [0.2, 0.25) is 0 Å². The van der Waals surface area contributed by atoms with Gasteiger partial charge in [0, 0.05) is 11.1 Å². The molecule has 0 fully saturated rings. The molecule has 1 aromatic carbocycles. The summed E-state index contributed by atoms with van der Waals surface area (Å²) in [5, 5.41) is 5.60. The number of hydrogen-bond donors (Lipinski definition) is 2. The molecule has 1 amide bonds. The highest BCUT2D eigenvalue weighted by atomic mass is 16.3. The van der Waals surface area contributed by atoms with Gasteiger partial charge in [-0.25, -0.2) is 4.98 Å². The minimum atomic E-state index is -0.130. The molecule has 0 spiro atoms. The first-order valence-electron chi connectivity index (χ1n) is 6.25. The second-order valence-electron chi connectivity index (χ2n) is 5.53. The molecule has 1 aromatic heterocycles. The van der Waals surface area contributed by atoms with Crippen molar-refractivity contribution < 1.29 is 9.21 Å². The Hall–Kier alpha value is -1.88. The fraction of sp³-hybridized carbons (Fsp3) is 0.429. The van der Waals surface area contributed by atoms with Crippen molar-refractivity contribution in [1.29, 1.82) is 0 Å². The minimum absolute atomic E-state index is 0.0820. The van der Waals surface area contributed by atoms with E-state index in [2.05, 4.69) is 15.6 Å². The van der Waals surface area contributed by atoms with Crippen molar-refractivity contribution in [3.05, 3.63) is 24.1 Å². The summed E-state index contributed by atoms with van der Waals surface area (Å²) >= 11 is 0. The molecule has 2 rings (SSSR count). The Morgan fingerprint density at radius 3 is 2.74 bits per heavy atom. The Bertz CT molecular complexity index is 596. The first kappa shape index (κ1) is 13.5. The number of hydrogen-bond acceptors (Lipinski definition) is 4. The SMILES string of the molecule is CNCC(=O)Nc1ccc2oc(C(C)(C)C)nc2c1. The molecule has 0 radical (unpaired) electrons. The van der Waals surface area contributed by atoms with Crippen molar-refractivity contribution >= 4 is 22.7 Å². The second-order valence-corrected chi connectivity index (χ2v) is 5.53. The number of nitrogens with zero attached hydrogens (tertiary/aromatic N) is 1. The van der Waals surface area contributed by atoms with Gasteiger partial charge in [0.1, 0.15) is 5.52 Å². The van der Waals surface area contributed by atoms with Crippen LogP contribution in [0, 0.1) is 0 Å². The quantitative estimate of drug-likeness (QED) is 0.889. The first-order chi connectivity index (χ1) is 8.90. The van der Waals surface area contributed by atoms with Crippen LogP contribution in [0.3, 0.4) is 0 Å². The maximum Gasteiger partial charge on any atom is 0.238 e. The minimum Gasteiger partial charge on any atom is -0.440 e. The predicted molar refractivity (Wildman–Crippen MR) is 75.3 cm³/mol. The summed E-state index contributed by atoms with van der Waals surface area (Å²) in [6.45, 7) is 6.43. The third-order valence-electron chi connectivity index (χ3n) is 2.65. The van der Waals surface area contributed by atoms with E-state index in [1.807, 2.05) is 39.0 Å². The van der Waals surface area contributed by atoms with Crippen LogP contribution >= 0.6 is 0 Å². The lowest BCUT2D eigenvalue weighted by atomic mass is 9.97. The number of nitrogens with one attached hydrogen (secondary N) is 2. The molecule has 0 unspecified atom stereocenters. The van der Waals surface area contributed by atoms with Gasteiger partial charge in [0.2, 0.25) is 11.8 Å². The molecule has 0 saturated heterocycles. The van der Waals surface area contributed by atoms with Crippen molar-refractivity contribution in [2.24, 2.45) is 0 Å². The number of aromatic nitrogens is 1. The van der Waals surface area contributed by atoms with Crippen LogP contribution in [0.1, 0.15) is 26.7 Å². The number of carbonyl (C=O) groups is 1. The van der Waals surface area contributed by atoms with Gasteiger partial charge in [0.25, 0.3) is 0 Å². The normalized spacial score (nSPS) is 11.8. The summed E-state index contributed by atoms with van der Waals surface area (Å²) < 4.78 is 5.70. The van der Waals surface area contributed by atoms with Crippen molar-refractivity contribution in [1.82, 2.24) is 10.3 Å². The second kappa shape index (κ2) is 5.01. The molecule has 102 valence electrons. The molecular weight excluding hydrogens is 242 g/mol. The number of carbonyl (C=O) groups excluding carboxylic acids is 1. The highest BCUT2D eigenvalue weighted by Crippen LogP contribution is 2.27. The Kier molecular flexibility index (Phi) is 3.57. The van der Waals surface area contributed by atoms with Gasteiger partial charge in [-0.2, -0.15) is 0 Å². The van der Waals surface area contributed by atoms with Crippen LogP contribution in [0.15, 0.2) is 22.6 Å². The number of rotatable bonds is 3. The third kappa shape index (κ3) is 3.12. The zero-order valence-electron chi connectivity index (χ0n) is 11.7. The molecule has 0 atom stereocenters. The van der Waals surface area contributed by atoms with Crippen molar-refractivity contribution in [2.75, 3.05) is 18.9 Å². The van der Waals surface area contributed by atoms with Crippen LogP contribution < -0.4 is 10.6 Å². The largest absolute Gasteiger partial charge is 0.440 e. The molecule has 0 aliphatic heterocycles. The molecule has 0 bridgehead atoms. The predicted octanol–water partition coefficient (Wildman–Crippen LogP) is 2.28. The summed E-state index contributed by atoms with van der Waals surface area (Å²) in [5.41, 5.74) is 2.08. The standard InChI is InChI=1S/C14H19N3O2/c1-14(2,3)13-17-10-7-9(5-6-11(10)19-13)16-12(18)8-15-4/h5-7,15H,8H2,1-4H3,(H,16,18). The highest BCUT2D eigenvalue weighted by Gasteiger charge is 2.20. The molecular formula is C14H19N3O2. The van der Waals surface area contributed by atoms with Crippen molar-refractivity contribution in [3.63, 3.8) is 0 Å². The van der Waals surface area contributed by atoms with Crippen LogP contribution in [0.5, 0.6) is 0 Å². The smallest absolute Gasteiger partial charge is 0.238 e. The lowest BCUT2D eigenvalue weighted by Crippen LogP contribution is -2.24. The van der Waals surface area contributed by atoms with Crippen molar-refractivity contribution in [3.8, 4) is 0 Å². The summed E-state index contributed by atoms with van der Waals surface area (Å²) in [7, 11) is 1.73. The van der Waals surface area contributed by atoms with E-state index in [0.29, 0.717) is 5.89 Å². The van der Waals surface area contributed by atoms with Crippen LogP contribution in [0.25, 0.3) is 11.1 Å². The fourth-order valence-electron chi connectivity index (χ4n) is 1.69. The summed E-state index contributed by atoms with van der Waals surface area (Å²) in [5.74, 6) is 0.614. The molecule has 1 heterocycles. The Labute approximate surface area is 112 Å². The first-order valence-corrected chi connectivity index (χ1v) is 6.25. The highest BCUT2D eigenvalue weighted by molar-refractivity contribution is 5.94. The number of amides is 1. The van der Waals surface area contributed by atoms with Crippen LogP contribution in [-0.2, 0) is 10.2 Å². The van der Waals surface area contributed by atoms with Gasteiger partial charge < -0.3 is 15.1 Å². The Morgan fingerprint density at radius 1 is 1.37 bits per heavy atom. The van der Waals surface area contributed by atoms with E-state index in [-0.39, 0.29) is 17.9 Å². The van der Waals surface area contributed by atoms with E-state index in [4.69, 9.17) is 4.42 Å². The molecule has 5 nitrogen and oxygen atoms in total. The molecule has 5 heteroatoms. The van der Waals surface area contributed by atoms with E-state index >= 15 is 0 Å². The van der Waals surface area contributed by atoms with Gasteiger partial charge in [0.05, 0.1) is 6.54 Å². The Balaban J connectivity index is 2.28. The van der Waals surface area contributed by atoms with E-state index in [1.165, 1.54) is 0 Å². The van der Waals surface area contributed by atoms with Crippen molar-refractivity contribution in [2.45, 2.75) is 26.2 Å². The number of oxazole rings is 1. The number of anilines is 1. The average Bonchev–Trinajstić information content (AvgIpc) is 2.71. The maximum absolute atomic E-state index is 11.5. The van der Waals surface area contributed by atoms with Gasteiger partial charge in [-0.3, -0.25) is 4.79 Å². The zero-order valence-corrected chi connectivity index (χ0v) is 11.7. The monoisotopic (exact) mass is 261 g/mol. The fourth-order valence-corrected chi connectivity index (χ4v) is 1.69. The number of likely N-dealkylation sites (N-methyl/N-ethyl adjacent to an activating group) is 1. The molecule has 2 N–H and O–H groups in total. The third-order valence-corrected chi connectivity index (χ3v) is 2.65. The molecule has 0 saturated carbocycles. The van der Waals surface area contributed by atoms with Gasteiger partial charge in [-0.15, -0.1) is 0 Å². The summed E-state index contributed by atoms with van der Waals surface area (Å²) in [4.78, 5) is 16.0. The van der Waals surface area contributed by atoms with Crippen LogP contribution in [-0.4, -0.2) is 24.5 Å². The van der Waals surface area contributed by atoms with Gasteiger partial charge in [-0.1, -0.05) is 20.8 Å². The number of fused-ring (bicyclic) bond motifs is 1. The van der Waals surface area contributed by atoms with E-state index in [0.717, 1.165) is 16.8 Å². The lowest BCUT2D eigenvalue weighted by molar-refractivity contribution is -0.115. The summed E-state index contributed by atoms with van der Waals surface area (Å²) in [6, 6.07) is 5.46. The lowest BCUT2D eigenvalue weighted by Gasteiger charge is -2.11. The van der Waals surface area contributed by atoms with Gasteiger partial charge in [0.15, 0.2) is 5.58 Å². The van der Waals surface area contributed by atoms with E-state index in [9.17, 15) is 4.79 Å². The Morgan fingerprint density at radius 2 is 2.11 bits per heavy atom. The number of benzene rings is 1. The van der Waals surface area contributed by atoms with Gasteiger partial charge in [-0.05, 0) is 25.2 Å². The van der Waals surface area contributed by atoms with E-state index < -0.39 is 0 Å². The summed E-state index contributed by atoms with van der Waals surface area (Å²) in [6.07, 6.45) is 0. The van der Waals surface area contributed by atoms with E-state index in [1.54, 1.807) is 7.05 Å². The maximum atomic E-state index is 11.5. The van der Waals surface area contributed by atoms with Crippen LogP contribution in [0.4, 0.5) is 5.69 Å². The topological polar surface area (TPSA) is 67.2 Å². The molecule has 0 aliphatic carbocycles. The molecule has 19 heavy (non-hydrogen) atoms. The zero-order chi connectivity index (χ0) is 14.0. The molecule has 0 aliphatic rings. The van der Waals surface area contributed by atoms with Gasteiger partial charge >= 0.3 is 0 Å².